The minimum absolute atomic E-state index is 0.0458. The number of hydrogen-bond acceptors (Lipinski definition) is 4. The topological polar surface area (TPSA) is 76.2 Å². The van der Waals surface area contributed by atoms with E-state index in [1.165, 1.54) is 12.1 Å². The smallest absolute Gasteiger partial charge is 0.270 e. The van der Waals surface area contributed by atoms with E-state index in [1.54, 1.807) is 18.2 Å². The molecule has 2 rings (SSSR count). The Kier molecular flexibility index (Phi) is 5.72. The van der Waals surface area contributed by atoms with Crippen molar-refractivity contribution < 1.29 is 9.66 Å². The average molecular weight is 387 g/mol. The number of nitriles is 1. The minimum Gasteiger partial charge on any atom is -0.490 e. The molecule has 0 N–H and O–H groups in total. The summed E-state index contributed by atoms with van der Waals surface area (Å²) >= 11 is 3.45. The first-order valence-corrected chi connectivity index (χ1v) is 8.03. The van der Waals surface area contributed by atoms with Gasteiger partial charge in [-0.3, -0.25) is 10.1 Å². The van der Waals surface area contributed by atoms with Crippen LogP contribution in [0.25, 0.3) is 11.6 Å². The maximum Gasteiger partial charge on any atom is 0.270 e. The van der Waals surface area contributed by atoms with Crippen molar-refractivity contribution >= 4 is 33.3 Å². The zero-order valence-corrected chi connectivity index (χ0v) is 14.8. The van der Waals surface area contributed by atoms with Crippen LogP contribution >= 0.6 is 15.9 Å². The van der Waals surface area contributed by atoms with Crippen molar-refractivity contribution in [1.29, 1.82) is 5.26 Å². The van der Waals surface area contributed by atoms with Crippen LogP contribution in [0, 0.1) is 21.4 Å². The molecule has 0 aliphatic rings. The highest BCUT2D eigenvalue weighted by atomic mass is 79.9. The van der Waals surface area contributed by atoms with Crippen molar-refractivity contribution in [3.8, 4) is 11.8 Å². The summed E-state index contributed by atoms with van der Waals surface area (Å²) in [7, 11) is 0. The molecule has 0 aliphatic carbocycles. The number of nitro benzene ring substituents is 1. The molecule has 0 bridgehead atoms. The molecule has 24 heavy (non-hydrogen) atoms. The second-order valence-corrected chi connectivity index (χ2v) is 6.19. The number of non-ortho nitro benzene ring substituents is 1. The van der Waals surface area contributed by atoms with E-state index in [4.69, 9.17) is 4.74 Å². The quantitative estimate of drug-likeness (QED) is 0.306. The Balaban J connectivity index is 2.37. The lowest BCUT2D eigenvalue weighted by atomic mass is 10.0. The Morgan fingerprint density at radius 3 is 2.67 bits per heavy atom. The van der Waals surface area contributed by atoms with E-state index in [0.29, 0.717) is 11.1 Å². The number of nitrogens with zero attached hydrogens (tertiary/aromatic N) is 2. The molecular weight excluding hydrogens is 372 g/mol. The van der Waals surface area contributed by atoms with Crippen LogP contribution < -0.4 is 4.74 Å². The van der Waals surface area contributed by atoms with Gasteiger partial charge in [0.05, 0.1) is 27.1 Å². The third kappa shape index (κ3) is 4.43. The van der Waals surface area contributed by atoms with Crippen LogP contribution in [0.4, 0.5) is 5.69 Å². The average Bonchev–Trinajstić information content (AvgIpc) is 2.54. The lowest BCUT2D eigenvalue weighted by Gasteiger charge is -2.11. The largest absolute Gasteiger partial charge is 0.490 e. The molecule has 0 spiro atoms. The van der Waals surface area contributed by atoms with Gasteiger partial charge in [0.15, 0.2) is 0 Å². The van der Waals surface area contributed by atoms with Crippen LogP contribution in [-0.2, 0) is 0 Å². The lowest BCUT2D eigenvalue weighted by molar-refractivity contribution is -0.384. The number of rotatable bonds is 5. The normalized spacial score (nSPS) is 11.2. The van der Waals surface area contributed by atoms with Gasteiger partial charge in [0.25, 0.3) is 5.69 Å². The monoisotopic (exact) mass is 386 g/mol. The van der Waals surface area contributed by atoms with E-state index in [1.807, 2.05) is 32.0 Å². The fourth-order valence-corrected chi connectivity index (χ4v) is 2.58. The Labute approximate surface area is 148 Å². The van der Waals surface area contributed by atoms with Crippen LogP contribution in [0.15, 0.2) is 46.9 Å². The van der Waals surface area contributed by atoms with E-state index in [-0.39, 0.29) is 11.8 Å². The predicted molar refractivity (Wildman–Crippen MR) is 96.5 cm³/mol. The summed E-state index contributed by atoms with van der Waals surface area (Å²) in [5.74, 6) is 0.719. The molecule has 0 saturated heterocycles. The maximum absolute atomic E-state index is 10.9. The van der Waals surface area contributed by atoms with Crippen LogP contribution in [0.2, 0.25) is 0 Å². The van der Waals surface area contributed by atoms with Crippen molar-refractivity contribution in [1.82, 2.24) is 0 Å². The molecule has 0 atom stereocenters. The summed E-state index contributed by atoms with van der Waals surface area (Å²) in [5.41, 5.74) is 1.60. The van der Waals surface area contributed by atoms with Gasteiger partial charge in [-0.1, -0.05) is 18.2 Å². The van der Waals surface area contributed by atoms with Gasteiger partial charge < -0.3 is 4.74 Å². The first-order valence-electron chi connectivity index (χ1n) is 7.23. The first-order chi connectivity index (χ1) is 11.4. The molecule has 0 saturated carbocycles. The van der Waals surface area contributed by atoms with Crippen LogP contribution in [0.5, 0.6) is 5.75 Å². The molecule has 122 valence electrons. The standard InChI is InChI=1S/C18H15BrN2O3/c1-12(2)24-18-7-6-13(9-17(18)19)8-15(11-20)14-4-3-5-16(10-14)21(22)23/h3-10,12H,1-2H3. The summed E-state index contributed by atoms with van der Waals surface area (Å²) in [6.45, 7) is 3.88. The van der Waals surface area contributed by atoms with E-state index in [0.717, 1.165) is 15.8 Å². The Bertz CT molecular complexity index is 838. The summed E-state index contributed by atoms with van der Waals surface area (Å²) in [6.07, 6.45) is 1.74. The fraction of sp³-hybridized carbons (Fsp3) is 0.167. The highest BCUT2D eigenvalue weighted by Crippen LogP contribution is 2.29. The first kappa shape index (κ1) is 17.7. The van der Waals surface area contributed by atoms with Crippen molar-refractivity contribution in [2.24, 2.45) is 0 Å². The lowest BCUT2D eigenvalue weighted by Crippen LogP contribution is -2.05. The molecule has 0 radical (unpaired) electrons. The molecule has 2 aromatic rings. The van der Waals surface area contributed by atoms with Crippen LogP contribution in [-0.4, -0.2) is 11.0 Å². The zero-order chi connectivity index (χ0) is 17.7. The molecule has 2 aromatic carbocycles. The molecule has 0 heterocycles. The molecule has 6 heteroatoms. The van der Waals surface area contributed by atoms with Crippen LogP contribution in [0.3, 0.4) is 0 Å². The maximum atomic E-state index is 10.9. The molecule has 0 aliphatic heterocycles. The van der Waals surface area contributed by atoms with E-state index in [9.17, 15) is 15.4 Å². The Morgan fingerprint density at radius 1 is 1.33 bits per heavy atom. The Morgan fingerprint density at radius 2 is 2.08 bits per heavy atom. The van der Waals surface area contributed by atoms with E-state index in [2.05, 4.69) is 22.0 Å². The number of hydrogen-bond donors (Lipinski definition) is 0. The molecule has 0 aromatic heterocycles. The van der Waals surface area contributed by atoms with Gasteiger partial charge in [-0.05, 0) is 59.1 Å². The SMILES string of the molecule is CC(C)Oc1ccc(C=C(C#N)c2cccc([N+](=O)[O-])c2)cc1Br. The third-order valence-electron chi connectivity index (χ3n) is 3.12. The highest BCUT2D eigenvalue weighted by Gasteiger charge is 2.10. The van der Waals surface area contributed by atoms with Crippen molar-refractivity contribution in [2.45, 2.75) is 20.0 Å². The Hall–Kier alpha value is -2.65. The van der Waals surface area contributed by atoms with Gasteiger partial charge in [0.1, 0.15) is 5.75 Å². The van der Waals surface area contributed by atoms with Gasteiger partial charge in [0.2, 0.25) is 0 Å². The molecule has 0 amide bonds. The molecule has 5 nitrogen and oxygen atoms in total. The number of halogens is 1. The van der Waals surface area contributed by atoms with Gasteiger partial charge in [-0.2, -0.15) is 5.26 Å². The number of nitro groups is 1. The van der Waals surface area contributed by atoms with Crippen LogP contribution in [0.1, 0.15) is 25.0 Å². The fourth-order valence-electron chi connectivity index (χ4n) is 2.09. The van der Waals surface area contributed by atoms with Crippen molar-refractivity contribution in [3.63, 3.8) is 0 Å². The molecular formula is C18H15BrN2O3. The van der Waals surface area contributed by atoms with Gasteiger partial charge in [0, 0.05) is 12.1 Å². The summed E-state index contributed by atoms with van der Waals surface area (Å²) in [6, 6.07) is 13.6. The minimum atomic E-state index is -0.479. The molecule has 0 unspecified atom stereocenters. The van der Waals surface area contributed by atoms with Crippen molar-refractivity contribution in [2.75, 3.05) is 0 Å². The second kappa shape index (κ2) is 7.75. The second-order valence-electron chi connectivity index (χ2n) is 5.33. The van der Waals surface area contributed by atoms with E-state index < -0.39 is 4.92 Å². The third-order valence-corrected chi connectivity index (χ3v) is 3.74. The van der Waals surface area contributed by atoms with Gasteiger partial charge >= 0.3 is 0 Å². The van der Waals surface area contributed by atoms with Gasteiger partial charge in [-0.15, -0.1) is 0 Å². The summed E-state index contributed by atoms with van der Waals surface area (Å²) in [4.78, 5) is 10.4. The number of allylic oxidation sites excluding steroid dienone is 1. The zero-order valence-electron chi connectivity index (χ0n) is 13.2. The summed E-state index contributed by atoms with van der Waals surface area (Å²) in [5, 5.41) is 20.3. The number of benzene rings is 2. The summed E-state index contributed by atoms with van der Waals surface area (Å²) < 4.78 is 6.43. The predicted octanol–water partition coefficient (Wildman–Crippen LogP) is 5.21. The van der Waals surface area contributed by atoms with Gasteiger partial charge in [-0.25, -0.2) is 0 Å². The van der Waals surface area contributed by atoms with E-state index >= 15 is 0 Å². The molecule has 0 fully saturated rings. The van der Waals surface area contributed by atoms with Crippen molar-refractivity contribution in [3.05, 3.63) is 68.2 Å². The number of ether oxygens (including phenoxy) is 1. The highest BCUT2D eigenvalue weighted by molar-refractivity contribution is 9.10.